The van der Waals surface area contributed by atoms with Crippen LogP contribution >= 0.6 is 23.2 Å². The molecule has 1 atom stereocenters. The van der Waals surface area contributed by atoms with Crippen LogP contribution in [0.25, 0.3) is 0 Å². The van der Waals surface area contributed by atoms with Gasteiger partial charge in [0.25, 0.3) is 5.91 Å². The summed E-state index contributed by atoms with van der Waals surface area (Å²) in [6.07, 6.45) is 0.191. The lowest BCUT2D eigenvalue weighted by Crippen LogP contribution is -2.47. The molecule has 1 saturated heterocycles. The van der Waals surface area contributed by atoms with E-state index in [1.807, 2.05) is 0 Å². The minimum atomic E-state index is -1.14. The zero-order valence-corrected chi connectivity index (χ0v) is 15.1. The minimum absolute atomic E-state index is 0.191. The van der Waals surface area contributed by atoms with Crippen molar-refractivity contribution >= 4 is 40.8 Å². The molecule has 4 nitrogen and oxygen atoms in total. The predicted molar refractivity (Wildman–Crippen MR) is 95.6 cm³/mol. The Hall–Kier alpha value is -2.11. The number of rotatable bonds is 3. The molecule has 1 heterocycles. The monoisotopic (exact) mass is 380 g/mol. The standard InChI is InChI=1S/C18H15Cl2FN2O2/c1-18(10-11-4-3-5-14(21)6-11)16(24)23(17(25)22(18)2)15-8-12(19)7-13(20)9-15/h3-9H,10H2,1-2H3. The van der Waals surface area contributed by atoms with Gasteiger partial charge in [-0.1, -0.05) is 35.3 Å². The number of carbonyl (C=O) groups excluding carboxylic acids is 2. The normalized spacial score (nSPS) is 20.5. The van der Waals surface area contributed by atoms with E-state index in [4.69, 9.17) is 23.2 Å². The fourth-order valence-corrected chi connectivity index (χ4v) is 3.48. The van der Waals surface area contributed by atoms with Gasteiger partial charge in [0.05, 0.1) is 5.69 Å². The number of nitrogens with zero attached hydrogens (tertiary/aromatic N) is 2. The lowest BCUT2D eigenvalue weighted by molar-refractivity contribution is -0.123. The average molecular weight is 381 g/mol. The van der Waals surface area contributed by atoms with Crippen molar-refractivity contribution in [3.63, 3.8) is 0 Å². The molecule has 1 unspecified atom stereocenters. The van der Waals surface area contributed by atoms with Crippen LogP contribution in [-0.4, -0.2) is 29.4 Å². The van der Waals surface area contributed by atoms with Crippen molar-refractivity contribution in [3.8, 4) is 0 Å². The molecule has 25 heavy (non-hydrogen) atoms. The van der Waals surface area contributed by atoms with Crippen LogP contribution in [0.4, 0.5) is 14.9 Å². The van der Waals surface area contributed by atoms with Crippen LogP contribution in [0.3, 0.4) is 0 Å². The Labute approximate surface area is 154 Å². The SMILES string of the molecule is CN1C(=O)N(c2cc(Cl)cc(Cl)c2)C(=O)C1(C)Cc1cccc(F)c1. The summed E-state index contributed by atoms with van der Waals surface area (Å²) in [6.45, 7) is 1.66. The van der Waals surface area contributed by atoms with Crippen LogP contribution in [-0.2, 0) is 11.2 Å². The number of urea groups is 1. The Bertz CT molecular complexity index is 854. The van der Waals surface area contributed by atoms with E-state index in [1.165, 1.54) is 35.2 Å². The number of halogens is 3. The van der Waals surface area contributed by atoms with Gasteiger partial charge in [0.2, 0.25) is 0 Å². The predicted octanol–water partition coefficient (Wildman–Crippen LogP) is 4.53. The van der Waals surface area contributed by atoms with E-state index in [2.05, 4.69) is 0 Å². The third-order valence-corrected chi connectivity index (χ3v) is 4.86. The highest BCUT2D eigenvalue weighted by molar-refractivity contribution is 6.35. The van der Waals surface area contributed by atoms with E-state index in [9.17, 15) is 14.0 Å². The number of amides is 3. The summed E-state index contributed by atoms with van der Waals surface area (Å²) in [5, 5.41) is 0.647. The van der Waals surface area contributed by atoms with Gasteiger partial charge in [-0.05, 0) is 42.8 Å². The van der Waals surface area contributed by atoms with E-state index in [0.29, 0.717) is 21.3 Å². The fraction of sp³-hybridized carbons (Fsp3) is 0.222. The van der Waals surface area contributed by atoms with Gasteiger partial charge >= 0.3 is 6.03 Å². The largest absolute Gasteiger partial charge is 0.332 e. The van der Waals surface area contributed by atoms with Crippen molar-refractivity contribution in [3.05, 3.63) is 63.9 Å². The summed E-state index contributed by atoms with van der Waals surface area (Å²) in [6, 6.07) is 10.0. The Morgan fingerprint density at radius 3 is 2.32 bits per heavy atom. The summed E-state index contributed by atoms with van der Waals surface area (Å²) in [5.41, 5.74) is -0.205. The molecule has 1 aliphatic rings. The first-order chi connectivity index (χ1) is 11.7. The average Bonchev–Trinajstić information content (AvgIpc) is 2.68. The maximum atomic E-state index is 13.5. The van der Waals surface area contributed by atoms with E-state index in [0.717, 1.165) is 4.90 Å². The molecule has 2 aromatic rings. The third-order valence-electron chi connectivity index (χ3n) is 4.43. The molecule has 0 saturated carbocycles. The van der Waals surface area contributed by atoms with Crippen LogP contribution in [0, 0.1) is 5.82 Å². The van der Waals surface area contributed by atoms with Crippen molar-refractivity contribution in [2.24, 2.45) is 0 Å². The van der Waals surface area contributed by atoms with Crippen LogP contribution in [0.1, 0.15) is 12.5 Å². The smallest absolute Gasteiger partial charge is 0.312 e. The van der Waals surface area contributed by atoms with Crippen molar-refractivity contribution in [1.29, 1.82) is 0 Å². The van der Waals surface area contributed by atoms with Crippen LogP contribution in [0.15, 0.2) is 42.5 Å². The number of carbonyl (C=O) groups is 2. The number of imide groups is 1. The summed E-state index contributed by atoms with van der Waals surface area (Å²) in [7, 11) is 1.55. The maximum Gasteiger partial charge on any atom is 0.332 e. The van der Waals surface area contributed by atoms with Gasteiger partial charge in [-0.2, -0.15) is 0 Å². The Morgan fingerprint density at radius 1 is 1.08 bits per heavy atom. The van der Waals surface area contributed by atoms with E-state index >= 15 is 0 Å². The lowest BCUT2D eigenvalue weighted by Gasteiger charge is -2.28. The number of likely N-dealkylation sites (N-methyl/N-ethyl adjacent to an activating group) is 1. The molecule has 0 spiro atoms. The minimum Gasteiger partial charge on any atom is -0.312 e. The molecular formula is C18H15Cl2FN2O2. The fourth-order valence-electron chi connectivity index (χ4n) is 2.97. The second-order valence-electron chi connectivity index (χ2n) is 6.19. The molecule has 0 aromatic heterocycles. The first kappa shape index (κ1) is 17.7. The molecule has 130 valence electrons. The van der Waals surface area contributed by atoms with Gasteiger partial charge < -0.3 is 4.90 Å². The second kappa shape index (κ2) is 6.32. The van der Waals surface area contributed by atoms with Crippen molar-refractivity contribution in [2.45, 2.75) is 18.9 Å². The lowest BCUT2D eigenvalue weighted by atomic mass is 9.91. The number of anilines is 1. The molecule has 0 N–H and O–H groups in total. The molecular weight excluding hydrogens is 366 g/mol. The molecule has 2 aromatic carbocycles. The van der Waals surface area contributed by atoms with Gasteiger partial charge in [0.15, 0.2) is 0 Å². The number of benzene rings is 2. The topological polar surface area (TPSA) is 40.6 Å². The summed E-state index contributed by atoms with van der Waals surface area (Å²) >= 11 is 12.0. The molecule has 0 aliphatic carbocycles. The number of hydrogen-bond acceptors (Lipinski definition) is 2. The quantitative estimate of drug-likeness (QED) is 0.733. The Balaban J connectivity index is 1.99. The Kier molecular flexibility index (Phi) is 4.47. The van der Waals surface area contributed by atoms with Crippen LogP contribution < -0.4 is 4.90 Å². The molecule has 1 fully saturated rings. The summed E-state index contributed by atoms with van der Waals surface area (Å²) < 4.78 is 13.5. The highest BCUT2D eigenvalue weighted by Crippen LogP contribution is 2.35. The highest BCUT2D eigenvalue weighted by atomic mass is 35.5. The highest BCUT2D eigenvalue weighted by Gasteiger charge is 2.53. The summed E-state index contributed by atoms with van der Waals surface area (Å²) in [4.78, 5) is 28.1. The first-order valence-corrected chi connectivity index (χ1v) is 8.31. The van der Waals surface area contributed by atoms with E-state index < -0.39 is 17.5 Å². The molecule has 7 heteroatoms. The van der Waals surface area contributed by atoms with Gasteiger partial charge in [0.1, 0.15) is 11.4 Å². The zero-order valence-electron chi connectivity index (χ0n) is 13.6. The molecule has 1 aliphatic heterocycles. The van der Waals surface area contributed by atoms with Crippen molar-refractivity contribution in [2.75, 3.05) is 11.9 Å². The number of hydrogen-bond donors (Lipinski definition) is 0. The van der Waals surface area contributed by atoms with Crippen molar-refractivity contribution in [1.82, 2.24) is 4.90 Å². The van der Waals surface area contributed by atoms with Crippen LogP contribution in [0.5, 0.6) is 0 Å². The van der Waals surface area contributed by atoms with Gasteiger partial charge in [-0.3, -0.25) is 4.79 Å². The molecule has 3 rings (SSSR count). The summed E-state index contributed by atoms with van der Waals surface area (Å²) in [5.74, 6) is -0.804. The Morgan fingerprint density at radius 2 is 1.72 bits per heavy atom. The van der Waals surface area contributed by atoms with Gasteiger partial charge in [-0.25, -0.2) is 14.1 Å². The molecule has 3 amide bonds. The maximum absolute atomic E-state index is 13.5. The van der Waals surface area contributed by atoms with Crippen LogP contribution in [0.2, 0.25) is 10.0 Å². The first-order valence-electron chi connectivity index (χ1n) is 7.55. The molecule has 0 radical (unpaired) electrons. The van der Waals surface area contributed by atoms with Gasteiger partial charge in [0, 0.05) is 23.5 Å². The van der Waals surface area contributed by atoms with E-state index in [1.54, 1.807) is 26.1 Å². The second-order valence-corrected chi connectivity index (χ2v) is 7.06. The van der Waals surface area contributed by atoms with Gasteiger partial charge in [-0.15, -0.1) is 0 Å². The van der Waals surface area contributed by atoms with E-state index in [-0.39, 0.29) is 12.2 Å². The molecule has 0 bridgehead atoms. The van der Waals surface area contributed by atoms with Crippen molar-refractivity contribution < 1.29 is 14.0 Å². The third kappa shape index (κ3) is 3.10. The zero-order chi connectivity index (χ0) is 18.4.